The number of nitrogens with one attached hydrogen (secondary N) is 1. The van der Waals surface area contributed by atoms with E-state index in [4.69, 9.17) is 8.92 Å². The van der Waals surface area contributed by atoms with E-state index < -0.39 is 39.5 Å². The maximum Gasteiger partial charge on any atom is 0.338 e. The van der Waals surface area contributed by atoms with E-state index in [1.165, 1.54) is 20.8 Å². The summed E-state index contributed by atoms with van der Waals surface area (Å²) in [5.41, 5.74) is -1.06. The van der Waals surface area contributed by atoms with Crippen molar-refractivity contribution in [1.82, 2.24) is 10.2 Å². The first-order valence-corrected chi connectivity index (χ1v) is 8.77. The molecule has 0 fully saturated rings. The van der Waals surface area contributed by atoms with Gasteiger partial charge < -0.3 is 14.2 Å². The van der Waals surface area contributed by atoms with Crippen LogP contribution in [-0.2, 0) is 28.6 Å². The molecule has 0 aromatic rings. The van der Waals surface area contributed by atoms with Gasteiger partial charge in [-0.15, -0.1) is 0 Å². The molecule has 0 aliphatic carbocycles. The van der Waals surface area contributed by atoms with Gasteiger partial charge in [0.2, 0.25) is 5.91 Å². The Morgan fingerprint density at radius 2 is 1.88 bits per heavy atom. The second-order valence-corrected chi connectivity index (χ2v) is 7.74. The molecule has 0 saturated carbocycles. The van der Waals surface area contributed by atoms with Crippen LogP contribution in [0.3, 0.4) is 0 Å². The van der Waals surface area contributed by atoms with Gasteiger partial charge in [0.25, 0.3) is 0 Å². The average Bonchev–Trinajstić information content (AvgIpc) is 2.42. The monoisotopic (exact) mass is 362 g/mol. The zero-order valence-electron chi connectivity index (χ0n) is 15.0. The minimum absolute atomic E-state index is 0.000193. The van der Waals surface area contributed by atoms with Crippen LogP contribution in [0.15, 0.2) is 24.5 Å². The maximum absolute atomic E-state index is 12.0. The Kier molecular flexibility index (Phi) is 8.15. The fraction of sp³-hybridized carbons (Fsp3) is 0.600. The highest BCUT2D eigenvalue weighted by Gasteiger charge is 2.28. The Bertz CT molecular complexity index is 607. The number of ether oxygens (including phenoxy) is 1. The van der Waals surface area contributed by atoms with Gasteiger partial charge in [-0.1, -0.05) is 6.58 Å². The summed E-state index contributed by atoms with van der Waals surface area (Å²) < 4.78 is 33.7. The third-order valence-corrected chi connectivity index (χ3v) is 4.35. The zero-order chi connectivity index (χ0) is 19.1. The van der Waals surface area contributed by atoms with Gasteiger partial charge in [0.15, 0.2) is 6.23 Å². The van der Waals surface area contributed by atoms with Gasteiger partial charge >= 0.3 is 16.1 Å². The molecule has 0 radical (unpaired) electrons. The Balaban J connectivity index is 4.83. The van der Waals surface area contributed by atoms with Crippen LogP contribution < -0.4 is 5.32 Å². The topological polar surface area (TPSA) is 102 Å². The molecule has 1 amide bonds. The van der Waals surface area contributed by atoms with Gasteiger partial charge in [-0.3, -0.25) is 9.69 Å². The highest BCUT2D eigenvalue weighted by molar-refractivity contribution is 7.86. The third kappa shape index (κ3) is 8.68. The van der Waals surface area contributed by atoms with Gasteiger partial charge in [0.1, 0.15) is 12.0 Å². The van der Waals surface area contributed by atoms with Crippen molar-refractivity contribution in [1.29, 1.82) is 0 Å². The Morgan fingerprint density at radius 3 is 2.33 bits per heavy atom. The van der Waals surface area contributed by atoms with Crippen LogP contribution in [0.2, 0.25) is 0 Å². The summed E-state index contributed by atoms with van der Waals surface area (Å²) in [5.74, 6) is -1.67. The van der Waals surface area contributed by atoms with Gasteiger partial charge in [-0.05, 0) is 47.9 Å². The van der Waals surface area contributed by atoms with Crippen molar-refractivity contribution in [2.75, 3.05) is 19.8 Å². The number of esters is 1. The number of amides is 1. The van der Waals surface area contributed by atoms with E-state index in [0.717, 1.165) is 12.3 Å². The van der Waals surface area contributed by atoms with Gasteiger partial charge in [-0.2, -0.15) is 8.42 Å². The molecule has 0 aliphatic heterocycles. The summed E-state index contributed by atoms with van der Waals surface area (Å²) in [6.07, 6.45) is 1.40. The number of hydrogen-bond donors (Lipinski definition) is 1. The standard InChI is InChI=1S/C15H26N2O6S/c1-8-13(18)16-15(4,5)10-24(20,21)22-9-11(2)14(19)23-12(3)17(6)7/h8-9,12H,1,10H2,2-7H3,(H,16,18)/b11-9+. The average molecular weight is 362 g/mol. The number of carbonyl (C=O) groups is 2. The third-order valence-electron chi connectivity index (χ3n) is 2.88. The molecule has 1 atom stereocenters. The van der Waals surface area contributed by atoms with E-state index in [2.05, 4.69) is 11.9 Å². The first kappa shape index (κ1) is 22.1. The lowest BCUT2D eigenvalue weighted by molar-refractivity contribution is -0.150. The van der Waals surface area contributed by atoms with E-state index in [1.807, 2.05) is 0 Å². The minimum Gasteiger partial charge on any atom is -0.443 e. The molecule has 0 saturated heterocycles. The van der Waals surface area contributed by atoms with Gasteiger partial charge in [0.05, 0.1) is 11.1 Å². The fourth-order valence-electron chi connectivity index (χ4n) is 1.44. The quantitative estimate of drug-likeness (QED) is 0.212. The molecule has 1 unspecified atom stereocenters. The van der Waals surface area contributed by atoms with Crippen LogP contribution in [0.25, 0.3) is 0 Å². The van der Waals surface area contributed by atoms with Crippen LogP contribution in [0.1, 0.15) is 27.7 Å². The van der Waals surface area contributed by atoms with Crippen LogP contribution in [-0.4, -0.2) is 56.8 Å². The number of hydrogen-bond acceptors (Lipinski definition) is 7. The smallest absolute Gasteiger partial charge is 0.338 e. The Morgan fingerprint density at radius 1 is 1.33 bits per heavy atom. The van der Waals surface area contributed by atoms with Crippen molar-refractivity contribution in [3.05, 3.63) is 24.5 Å². The summed E-state index contributed by atoms with van der Waals surface area (Å²) in [4.78, 5) is 24.7. The predicted octanol–water partition coefficient (Wildman–Crippen LogP) is 0.768. The lowest BCUT2D eigenvalue weighted by atomic mass is 10.1. The zero-order valence-corrected chi connectivity index (χ0v) is 15.8. The molecule has 9 heteroatoms. The molecule has 24 heavy (non-hydrogen) atoms. The number of carbonyl (C=O) groups excluding carboxylic acids is 2. The van der Waals surface area contributed by atoms with E-state index >= 15 is 0 Å². The van der Waals surface area contributed by atoms with Crippen LogP contribution in [0.5, 0.6) is 0 Å². The van der Waals surface area contributed by atoms with Crippen molar-refractivity contribution in [3.8, 4) is 0 Å². The van der Waals surface area contributed by atoms with Crippen LogP contribution >= 0.6 is 0 Å². The molecule has 0 aromatic carbocycles. The molecule has 0 rings (SSSR count). The SMILES string of the molecule is C=CC(=O)NC(C)(C)CS(=O)(=O)O/C=C(\C)C(=O)OC(C)N(C)C. The predicted molar refractivity (Wildman–Crippen MR) is 90.3 cm³/mol. The molecule has 0 heterocycles. The largest absolute Gasteiger partial charge is 0.443 e. The van der Waals surface area contributed by atoms with Gasteiger partial charge in [-0.25, -0.2) is 4.79 Å². The van der Waals surface area contributed by atoms with Crippen molar-refractivity contribution < 1.29 is 26.9 Å². The summed E-state index contributed by atoms with van der Waals surface area (Å²) in [6, 6.07) is 0. The van der Waals surface area contributed by atoms with Gasteiger partial charge in [0, 0.05) is 0 Å². The van der Waals surface area contributed by atoms with E-state index in [1.54, 1.807) is 25.9 Å². The van der Waals surface area contributed by atoms with Crippen molar-refractivity contribution in [3.63, 3.8) is 0 Å². The highest BCUT2D eigenvalue weighted by Crippen LogP contribution is 2.11. The van der Waals surface area contributed by atoms with E-state index in [0.29, 0.717) is 0 Å². The van der Waals surface area contributed by atoms with E-state index in [9.17, 15) is 18.0 Å². The summed E-state index contributed by atoms with van der Waals surface area (Å²) in [6.45, 7) is 9.41. The second-order valence-electron chi connectivity index (χ2n) is 6.14. The Labute approximate surface area is 143 Å². The number of rotatable bonds is 9. The first-order chi connectivity index (χ1) is 10.8. The molecule has 1 N–H and O–H groups in total. The molecule has 0 spiro atoms. The molecule has 8 nitrogen and oxygen atoms in total. The molecule has 138 valence electrons. The van der Waals surface area contributed by atoms with Crippen LogP contribution in [0.4, 0.5) is 0 Å². The summed E-state index contributed by atoms with van der Waals surface area (Å²) in [5, 5.41) is 2.48. The van der Waals surface area contributed by atoms with E-state index in [-0.39, 0.29) is 5.57 Å². The molecule has 0 aliphatic rings. The van der Waals surface area contributed by atoms with Crippen LogP contribution in [0, 0.1) is 0 Å². The van der Waals surface area contributed by atoms with Crippen molar-refractivity contribution >= 4 is 22.0 Å². The molecular formula is C15H26N2O6S. The van der Waals surface area contributed by atoms with Crippen molar-refractivity contribution in [2.24, 2.45) is 0 Å². The Hall–Kier alpha value is -1.87. The second kappa shape index (κ2) is 8.84. The summed E-state index contributed by atoms with van der Waals surface area (Å²) >= 11 is 0. The molecule has 0 aromatic heterocycles. The molecule has 0 bridgehead atoms. The fourth-order valence-corrected chi connectivity index (χ4v) is 2.76. The highest BCUT2D eigenvalue weighted by atomic mass is 32.2. The summed E-state index contributed by atoms with van der Waals surface area (Å²) in [7, 11) is -0.543. The molecular weight excluding hydrogens is 336 g/mol. The number of nitrogens with zero attached hydrogens (tertiary/aromatic N) is 1. The van der Waals surface area contributed by atoms with Crippen molar-refractivity contribution in [2.45, 2.75) is 39.5 Å². The first-order valence-electron chi connectivity index (χ1n) is 7.19. The minimum atomic E-state index is -4.01. The normalized spacial score (nSPS) is 14.0. The lowest BCUT2D eigenvalue weighted by Crippen LogP contribution is -2.47. The lowest BCUT2D eigenvalue weighted by Gasteiger charge is -2.24. The maximum atomic E-state index is 12.0.